The number of nitro benzene ring substituents is 1. The summed E-state index contributed by atoms with van der Waals surface area (Å²) in [4.78, 5) is 23.6. The number of nitrogens with zero attached hydrogens (tertiary/aromatic N) is 2. The molecular weight excluding hydrogens is 290 g/mol. The van der Waals surface area contributed by atoms with Crippen LogP contribution in [0.4, 0.5) is 11.4 Å². The van der Waals surface area contributed by atoms with Gasteiger partial charge in [0.05, 0.1) is 11.5 Å². The van der Waals surface area contributed by atoms with Crippen LogP contribution in [0, 0.1) is 24.0 Å². The lowest BCUT2D eigenvalue weighted by atomic mass is 10.1. The molecule has 0 radical (unpaired) electrons. The van der Waals surface area contributed by atoms with Gasteiger partial charge in [0.1, 0.15) is 5.69 Å². The number of nitro groups is 1. The van der Waals surface area contributed by atoms with Gasteiger partial charge in [0, 0.05) is 28.7 Å². The minimum Gasteiger partial charge on any atom is -0.379 e. The molecule has 0 fully saturated rings. The van der Waals surface area contributed by atoms with Gasteiger partial charge in [-0.15, -0.1) is 0 Å². The monoisotopic (exact) mass is 307 g/mol. The maximum Gasteiger partial charge on any atom is 0.307 e. The van der Waals surface area contributed by atoms with Crippen molar-refractivity contribution in [2.75, 3.05) is 11.9 Å². The average molecular weight is 307 g/mol. The van der Waals surface area contributed by atoms with Crippen LogP contribution in [0.3, 0.4) is 0 Å². The maximum atomic E-state index is 12.0. The number of nitrogens with one attached hydrogen (secondary N) is 1. The molecule has 2 aromatic rings. The summed E-state index contributed by atoms with van der Waals surface area (Å²) in [6.07, 6.45) is 0. The number of para-hydroxylation sites is 1. The van der Waals surface area contributed by atoms with Crippen molar-refractivity contribution >= 4 is 22.7 Å². The fourth-order valence-corrected chi connectivity index (χ4v) is 3.02. The van der Waals surface area contributed by atoms with E-state index in [1.165, 1.54) is 17.4 Å². The van der Waals surface area contributed by atoms with Crippen LogP contribution in [0.15, 0.2) is 23.0 Å². The van der Waals surface area contributed by atoms with Gasteiger partial charge in [-0.3, -0.25) is 19.5 Å². The molecule has 0 aliphatic carbocycles. The van der Waals surface area contributed by atoms with E-state index in [4.69, 9.17) is 0 Å². The Labute approximate surface area is 126 Å². The van der Waals surface area contributed by atoms with Crippen LogP contribution in [-0.4, -0.2) is 16.0 Å². The summed E-state index contributed by atoms with van der Waals surface area (Å²) in [6, 6.07) is 4.92. The van der Waals surface area contributed by atoms with E-state index in [0.717, 1.165) is 16.1 Å². The summed E-state index contributed by atoms with van der Waals surface area (Å²) in [5, 5.41) is 14.2. The zero-order valence-electron chi connectivity index (χ0n) is 12.2. The number of aryl methyl sites for hydroxylation is 1. The van der Waals surface area contributed by atoms with Gasteiger partial charge >= 0.3 is 4.87 Å². The predicted octanol–water partition coefficient (Wildman–Crippen LogP) is 2.91. The molecule has 0 atom stereocenters. The number of hydrogen-bond donors (Lipinski definition) is 1. The minimum atomic E-state index is -0.407. The molecule has 0 spiro atoms. The molecule has 0 saturated carbocycles. The molecule has 1 heterocycles. The fourth-order valence-electron chi connectivity index (χ4n) is 2.19. The molecule has 6 nitrogen and oxygen atoms in total. The number of thiazole rings is 1. The smallest absolute Gasteiger partial charge is 0.307 e. The first-order chi connectivity index (χ1) is 9.95. The van der Waals surface area contributed by atoms with Crippen molar-refractivity contribution in [1.29, 1.82) is 0 Å². The third-order valence-corrected chi connectivity index (χ3v) is 4.38. The Morgan fingerprint density at radius 2 is 2.10 bits per heavy atom. The van der Waals surface area contributed by atoms with Crippen molar-refractivity contribution in [2.45, 2.75) is 27.3 Å². The van der Waals surface area contributed by atoms with Crippen molar-refractivity contribution in [1.82, 2.24) is 4.57 Å². The van der Waals surface area contributed by atoms with Gasteiger partial charge in [0.2, 0.25) is 0 Å². The number of benzene rings is 1. The first-order valence-corrected chi connectivity index (χ1v) is 7.44. The lowest BCUT2D eigenvalue weighted by molar-refractivity contribution is -0.384. The van der Waals surface area contributed by atoms with Crippen LogP contribution >= 0.6 is 11.3 Å². The van der Waals surface area contributed by atoms with Gasteiger partial charge in [0.15, 0.2) is 0 Å². The van der Waals surface area contributed by atoms with Gasteiger partial charge < -0.3 is 5.32 Å². The van der Waals surface area contributed by atoms with Gasteiger partial charge in [-0.25, -0.2) is 0 Å². The van der Waals surface area contributed by atoms with Crippen LogP contribution in [-0.2, 0) is 6.54 Å². The molecule has 0 aliphatic heterocycles. The van der Waals surface area contributed by atoms with Crippen molar-refractivity contribution in [2.24, 2.45) is 0 Å². The van der Waals surface area contributed by atoms with Gasteiger partial charge in [0.25, 0.3) is 5.69 Å². The Kier molecular flexibility index (Phi) is 4.42. The quantitative estimate of drug-likeness (QED) is 0.680. The van der Waals surface area contributed by atoms with Crippen molar-refractivity contribution in [3.63, 3.8) is 0 Å². The SMILES string of the molecule is CCNc1c(Cn2c(C)c(C)sc2=O)cccc1[N+](=O)[O-]. The van der Waals surface area contributed by atoms with Crippen LogP contribution in [0.25, 0.3) is 0 Å². The van der Waals surface area contributed by atoms with E-state index < -0.39 is 4.92 Å². The van der Waals surface area contributed by atoms with E-state index in [0.29, 0.717) is 18.8 Å². The molecule has 7 heteroatoms. The Bertz CT molecular complexity index is 734. The summed E-state index contributed by atoms with van der Waals surface area (Å²) < 4.78 is 1.65. The third kappa shape index (κ3) is 2.97. The molecule has 0 aliphatic rings. The minimum absolute atomic E-state index is 0.0343. The topological polar surface area (TPSA) is 77.2 Å². The Balaban J connectivity index is 2.51. The second kappa shape index (κ2) is 6.09. The first kappa shape index (κ1) is 15.2. The molecule has 0 unspecified atom stereocenters. The van der Waals surface area contributed by atoms with E-state index in [1.54, 1.807) is 10.6 Å². The summed E-state index contributed by atoms with van der Waals surface area (Å²) >= 11 is 1.20. The summed E-state index contributed by atoms with van der Waals surface area (Å²) in [5.74, 6) is 0. The molecule has 21 heavy (non-hydrogen) atoms. The third-order valence-electron chi connectivity index (χ3n) is 3.38. The lowest BCUT2D eigenvalue weighted by Crippen LogP contribution is -2.17. The number of hydrogen-bond acceptors (Lipinski definition) is 5. The molecule has 2 rings (SSSR count). The van der Waals surface area contributed by atoms with Gasteiger partial charge in [-0.2, -0.15) is 0 Å². The van der Waals surface area contributed by atoms with Crippen LogP contribution in [0.5, 0.6) is 0 Å². The standard InChI is InChI=1S/C14H17N3O3S/c1-4-15-13-11(6-5-7-12(13)17(19)20)8-16-9(2)10(3)21-14(16)18/h5-7,15H,4,8H2,1-3H3. The highest BCUT2D eigenvalue weighted by Crippen LogP contribution is 2.29. The Morgan fingerprint density at radius 1 is 1.38 bits per heavy atom. The molecule has 0 amide bonds. The maximum absolute atomic E-state index is 12.0. The average Bonchev–Trinajstić information content (AvgIpc) is 2.67. The normalized spacial score (nSPS) is 10.6. The van der Waals surface area contributed by atoms with E-state index in [2.05, 4.69) is 5.32 Å². The molecule has 0 bridgehead atoms. The largest absolute Gasteiger partial charge is 0.379 e. The van der Waals surface area contributed by atoms with Crippen molar-refractivity contribution in [3.8, 4) is 0 Å². The van der Waals surface area contributed by atoms with E-state index in [1.807, 2.05) is 26.8 Å². The first-order valence-electron chi connectivity index (χ1n) is 6.62. The molecule has 1 aromatic carbocycles. The highest BCUT2D eigenvalue weighted by Gasteiger charge is 2.18. The fraction of sp³-hybridized carbons (Fsp3) is 0.357. The molecule has 112 valence electrons. The van der Waals surface area contributed by atoms with E-state index in [-0.39, 0.29) is 10.6 Å². The lowest BCUT2D eigenvalue weighted by Gasteiger charge is -2.12. The van der Waals surface area contributed by atoms with Crippen LogP contribution < -0.4 is 10.2 Å². The Hall–Kier alpha value is -2.15. The van der Waals surface area contributed by atoms with Gasteiger partial charge in [-0.05, 0) is 20.8 Å². The Morgan fingerprint density at radius 3 is 2.62 bits per heavy atom. The zero-order chi connectivity index (χ0) is 15.6. The second-order valence-corrected chi connectivity index (χ2v) is 5.86. The predicted molar refractivity (Wildman–Crippen MR) is 84.4 cm³/mol. The van der Waals surface area contributed by atoms with Crippen molar-refractivity contribution < 1.29 is 4.92 Å². The molecule has 0 saturated heterocycles. The number of rotatable bonds is 5. The van der Waals surface area contributed by atoms with E-state index in [9.17, 15) is 14.9 Å². The summed E-state index contributed by atoms with van der Waals surface area (Å²) in [6.45, 7) is 6.58. The molecule has 1 N–H and O–H groups in total. The van der Waals surface area contributed by atoms with Crippen LogP contribution in [0.1, 0.15) is 23.1 Å². The van der Waals surface area contributed by atoms with Gasteiger partial charge in [-0.1, -0.05) is 23.5 Å². The van der Waals surface area contributed by atoms with Crippen LogP contribution in [0.2, 0.25) is 0 Å². The second-order valence-electron chi connectivity index (χ2n) is 4.69. The number of aromatic nitrogens is 1. The van der Waals surface area contributed by atoms with E-state index >= 15 is 0 Å². The summed E-state index contributed by atoms with van der Waals surface area (Å²) in [7, 11) is 0. The highest BCUT2D eigenvalue weighted by atomic mass is 32.1. The highest BCUT2D eigenvalue weighted by molar-refractivity contribution is 7.09. The summed E-state index contributed by atoms with van der Waals surface area (Å²) in [5.41, 5.74) is 2.17. The van der Waals surface area contributed by atoms with Crippen molar-refractivity contribution in [3.05, 3.63) is 54.1 Å². The number of anilines is 1. The molecule has 1 aromatic heterocycles. The zero-order valence-corrected chi connectivity index (χ0v) is 13.0. The molecular formula is C14H17N3O3S.